The van der Waals surface area contributed by atoms with Gasteiger partial charge in [-0.2, -0.15) is 4.68 Å². The quantitative estimate of drug-likeness (QED) is 0.172. The standard InChI is InChI=1S/C29H29Cl2N7O4S/c1-28(2,3)19-7-9-23(21(31)15-19)38-27(34-36-37-38)43-17-26(40)32-22-8-6-18(14-20(22)30)10-12-29(4,5)41-16-25(39)33-24-11-13-42-35-24/h6-9,11,13-15H,16-17H2,1-5H3,(H,32,40)(H,33,35,39). The van der Waals surface area contributed by atoms with E-state index in [4.69, 9.17) is 27.9 Å². The number of tetrazole rings is 1. The maximum atomic E-state index is 12.7. The van der Waals surface area contributed by atoms with Crippen molar-refractivity contribution in [2.24, 2.45) is 0 Å². The monoisotopic (exact) mass is 641 g/mol. The molecule has 4 rings (SSSR count). The Morgan fingerprint density at radius 1 is 1.02 bits per heavy atom. The van der Waals surface area contributed by atoms with E-state index >= 15 is 0 Å². The minimum Gasteiger partial charge on any atom is -0.363 e. The summed E-state index contributed by atoms with van der Waals surface area (Å²) >= 11 is 14.1. The molecule has 4 aromatic rings. The van der Waals surface area contributed by atoms with E-state index in [1.165, 1.54) is 17.0 Å². The molecule has 0 saturated heterocycles. The van der Waals surface area contributed by atoms with Gasteiger partial charge >= 0.3 is 0 Å². The molecule has 11 nitrogen and oxygen atoms in total. The largest absolute Gasteiger partial charge is 0.363 e. The summed E-state index contributed by atoms with van der Waals surface area (Å²) < 4.78 is 11.8. The number of anilines is 2. The van der Waals surface area contributed by atoms with Crippen molar-refractivity contribution in [1.82, 2.24) is 25.4 Å². The molecule has 0 saturated carbocycles. The third kappa shape index (κ3) is 9.05. The number of carbonyl (C=O) groups excluding carboxylic acids is 2. The lowest BCUT2D eigenvalue weighted by molar-refractivity contribution is -0.123. The smallest absolute Gasteiger partial charge is 0.251 e. The molecule has 0 atom stereocenters. The molecule has 0 spiro atoms. The van der Waals surface area contributed by atoms with Crippen molar-refractivity contribution in [1.29, 1.82) is 0 Å². The van der Waals surface area contributed by atoms with Gasteiger partial charge in [-0.15, -0.1) is 5.10 Å². The fourth-order valence-electron chi connectivity index (χ4n) is 3.54. The molecule has 2 N–H and O–H groups in total. The Morgan fingerprint density at radius 3 is 2.49 bits per heavy atom. The number of nitrogens with one attached hydrogen (secondary N) is 2. The summed E-state index contributed by atoms with van der Waals surface area (Å²) in [7, 11) is 0. The number of benzene rings is 2. The molecule has 0 radical (unpaired) electrons. The van der Waals surface area contributed by atoms with Crippen LogP contribution < -0.4 is 10.6 Å². The van der Waals surface area contributed by atoms with Crippen molar-refractivity contribution < 1.29 is 18.8 Å². The van der Waals surface area contributed by atoms with E-state index in [2.05, 4.69) is 68.5 Å². The molecule has 0 unspecified atom stereocenters. The maximum Gasteiger partial charge on any atom is 0.251 e. The van der Waals surface area contributed by atoms with Crippen LogP contribution in [0.4, 0.5) is 11.5 Å². The Kier molecular flexibility index (Phi) is 10.1. The summed E-state index contributed by atoms with van der Waals surface area (Å²) in [6.07, 6.45) is 1.35. The number of carbonyl (C=O) groups is 2. The Labute approximate surface area is 263 Å². The second kappa shape index (κ2) is 13.6. The Morgan fingerprint density at radius 2 is 1.81 bits per heavy atom. The van der Waals surface area contributed by atoms with E-state index in [0.29, 0.717) is 38.0 Å². The maximum absolute atomic E-state index is 12.7. The second-order valence-electron chi connectivity index (χ2n) is 10.8. The summed E-state index contributed by atoms with van der Waals surface area (Å²) in [5.41, 5.74) is 1.75. The fourth-order valence-corrected chi connectivity index (χ4v) is 4.71. The van der Waals surface area contributed by atoms with Gasteiger partial charge in [-0.1, -0.05) is 78.8 Å². The molecular weight excluding hydrogens is 613 g/mol. The average Bonchev–Trinajstić information content (AvgIpc) is 3.63. The SMILES string of the molecule is CC(C)(C#Cc1ccc(NC(=O)CSc2nnnn2-c2ccc(C(C)(C)C)cc2Cl)c(Cl)c1)OCC(=O)Nc1ccon1. The minimum atomic E-state index is -0.925. The topological polar surface area (TPSA) is 137 Å². The number of halogens is 2. The van der Waals surface area contributed by atoms with Crippen LogP contribution in [-0.2, 0) is 19.7 Å². The predicted molar refractivity (Wildman–Crippen MR) is 166 cm³/mol. The van der Waals surface area contributed by atoms with Gasteiger partial charge < -0.3 is 19.9 Å². The lowest BCUT2D eigenvalue weighted by atomic mass is 9.87. The van der Waals surface area contributed by atoms with E-state index in [0.717, 1.165) is 17.3 Å². The van der Waals surface area contributed by atoms with Gasteiger partial charge in [0.15, 0.2) is 5.82 Å². The van der Waals surface area contributed by atoms with Crippen LogP contribution in [-0.4, -0.2) is 55.1 Å². The second-order valence-corrected chi connectivity index (χ2v) is 12.6. The van der Waals surface area contributed by atoms with Gasteiger partial charge in [0, 0.05) is 11.6 Å². The van der Waals surface area contributed by atoms with Gasteiger partial charge in [0.1, 0.15) is 18.5 Å². The summed E-state index contributed by atoms with van der Waals surface area (Å²) in [5, 5.41) is 22.0. The third-order valence-corrected chi connectivity index (χ3v) is 7.37. The molecule has 43 heavy (non-hydrogen) atoms. The molecule has 2 heterocycles. The van der Waals surface area contributed by atoms with Gasteiger partial charge in [-0.25, -0.2) is 0 Å². The molecule has 2 amide bonds. The Hall–Kier alpha value is -3.89. The van der Waals surface area contributed by atoms with Crippen molar-refractivity contribution in [2.75, 3.05) is 23.0 Å². The first kappa shape index (κ1) is 32.0. The summed E-state index contributed by atoms with van der Waals surface area (Å²) in [4.78, 5) is 24.7. The first-order valence-electron chi connectivity index (χ1n) is 13.0. The van der Waals surface area contributed by atoms with Crippen molar-refractivity contribution in [3.63, 3.8) is 0 Å². The molecule has 0 aliphatic rings. The summed E-state index contributed by atoms with van der Waals surface area (Å²) in [6, 6.07) is 12.3. The van der Waals surface area contributed by atoms with Gasteiger partial charge in [0.2, 0.25) is 11.1 Å². The number of aromatic nitrogens is 5. The zero-order chi connectivity index (χ0) is 31.2. The van der Waals surface area contributed by atoms with Crippen molar-refractivity contribution in [2.45, 2.75) is 50.8 Å². The highest BCUT2D eigenvalue weighted by atomic mass is 35.5. The van der Waals surface area contributed by atoms with Crippen LogP contribution in [0.3, 0.4) is 0 Å². The average molecular weight is 643 g/mol. The number of ether oxygens (including phenoxy) is 1. The van der Waals surface area contributed by atoms with Crippen LogP contribution in [0.25, 0.3) is 5.69 Å². The number of amides is 2. The van der Waals surface area contributed by atoms with Crippen LogP contribution in [0.5, 0.6) is 0 Å². The number of hydrogen-bond acceptors (Lipinski definition) is 9. The summed E-state index contributed by atoms with van der Waals surface area (Å²) in [5.74, 6) is 5.61. The van der Waals surface area contributed by atoms with E-state index in [1.54, 1.807) is 32.0 Å². The highest BCUT2D eigenvalue weighted by molar-refractivity contribution is 7.99. The molecule has 0 fully saturated rings. The fraction of sp³-hybridized carbons (Fsp3) is 0.310. The number of hydrogen-bond donors (Lipinski definition) is 2. The number of nitrogens with zero attached hydrogens (tertiary/aromatic N) is 5. The van der Waals surface area contributed by atoms with E-state index in [1.807, 2.05) is 18.2 Å². The van der Waals surface area contributed by atoms with E-state index in [-0.39, 0.29) is 29.6 Å². The lowest BCUT2D eigenvalue weighted by Gasteiger charge is -2.20. The van der Waals surface area contributed by atoms with Gasteiger partial charge in [-0.3, -0.25) is 9.59 Å². The number of rotatable bonds is 9. The molecule has 0 bridgehead atoms. The molecule has 0 aliphatic heterocycles. The van der Waals surface area contributed by atoms with Crippen LogP contribution in [0, 0.1) is 11.8 Å². The predicted octanol–water partition coefficient (Wildman–Crippen LogP) is 5.77. The molecule has 2 aromatic heterocycles. The van der Waals surface area contributed by atoms with Gasteiger partial charge in [-0.05, 0) is 65.6 Å². The van der Waals surface area contributed by atoms with E-state index < -0.39 is 5.60 Å². The van der Waals surface area contributed by atoms with E-state index in [9.17, 15) is 9.59 Å². The van der Waals surface area contributed by atoms with Crippen molar-refractivity contribution in [3.8, 4) is 17.5 Å². The first-order chi connectivity index (χ1) is 20.3. The van der Waals surface area contributed by atoms with Crippen molar-refractivity contribution >= 4 is 58.3 Å². The lowest BCUT2D eigenvalue weighted by Crippen LogP contribution is -2.28. The molecule has 224 valence electrons. The Balaban J connectivity index is 1.32. The van der Waals surface area contributed by atoms with Crippen molar-refractivity contribution in [3.05, 3.63) is 69.9 Å². The van der Waals surface area contributed by atoms with Crippen LogP contribution in [0.1, 0.15) is 45.7 Å². The van der Waals surface area contributed by atoms with Crippen LogP contribution >= 0.6 is 35.0 Å². The highest BCUT2D eigenvalue weighted by Crippen LogP contribution is 2.30. The zero-order valence-corrected chi connectivity index (χ0v) is 26.4. The number of thioether (sulfide) groups is 1. The first-order valence-corrected chi connectivity index (χ1v) is 14.7. The molecular formula is C29H29Cl2N7O4S. The normalized spacial score (nSPS) is 11.5. The summed E-state index contributed by atoms with van der Waals surface area (Å²) in [6.45, 7) is 9.57. The Bertz CT molecular complexity index is 1670. The van der Waals surface area contributed by atoms with Crippen LogP contribution in [0.15, 0.2) is 58.4 Å². The highest BCUT2D eigenvalue weighted by Gasteiger charge is 2.19. The minimum absolute atomic E-state index is 0.0334. The van der Waals surface area contributed by atoms with Gasteiger partial charge in [0.05, 0.1) is 27.2 Å². The van der Waals surface area contributed by atoms with Crippen LogP contribution in [0.2, 0.25) is 10.0 Å². The molecule has 14 heteroatoms. The zero-order valence-electron chi connectivity index (χ0n) is 24.1. The van der Waals surface area contributed by atoms with Gasteiger partial charge in [0.25, 0.3) is 5.91 Å². The molecule has 0 aliphatic carbocycles. The molecule has 2 aromatic carbocycles. The third-order valence-electron chi connectivity index (χ3n) is 5.84.